The third-order valence-corrected chi connectivity index (χ3v) is 5.67. The number of hydrogen-bond acceptors (Lipinski definition) is 4. The van der Waals surface area contributed by atoms with Crippen molar-refractivity contribution in [1.82, 2.24) is 19.4 Å². The molecule has 4 rings (SSSR count). The molecule has 0 unspecified atom stereocenters. The highest BCUT2D eigenvalue weighted by atomic mass is 16.5. The van der Waals surface area contributed by atoms with Gasteiger partial charge >= 0.3 is 0 Å². The second kappa shape index (κ2) is 7.91. The summed E-state index contributed by atoms with van der Waals surface area (Å²) >= 11 is 0. The maximum Gasteiger partial charge on any atom is 0.242 e. The summed E-state index contributed by atoms with van der Waals surface area (Å²) in [5.74, 6) is 1.01. The molecule has 2 amide bonds. The normalized spacial score (nSPS) is 20.3. The number of likely N-dealkylation sites (tertiary alicyclic amines) is 1. The van der Waals surface area contributed by atoms with Gasteiger partial charge in [0.25, 0.3) is 0 Å². The van der Waals surface area contributed by atoms with Gasteiger partial charge in [-0.15, -0.1) is 0 Å². The van der Waals surface area contributed by atoms with E-state index in [9.17, 15) is 9.59 Å². The van der Waals surface area contributed by atoms with Crippen LogP contribution < -0.4 is 0 Å². The Labute approximate surface area is 165 Å². The van der Waals surface area contributed by atoms with Crippen LogP contribution in [0.3, 0.4) is 0 Å². The van der Waals surface area contributed by atoms with E-state index < -0.39 is 0 Å². The number of benzene rings is 1. The van der Waals surface area contributed by atoms with Gasteiger partial charge < -0.3 is 19.1 Å². The molecule has 1 aromatic carbocycles. The minimum Gasteiger partial charge on any atom is -0.378 e. The minimum absolute atomic E-state index is 0.0478. The van der Waals surface area contributed by atoms with Crippen molar-refractivity contribution in [2.45, 2.75) is 39.3 Å². The number of para-hydroxylation sites is 2. The quantitative estimate of drug-likeness (QED) is 0.811. The molecule has 1 atom stereocenters. The molecule has 28 heavy (non-hydrogen) atoms. The van der Waals surface area contributed by atoms with Crippen LogP contribution in [0.15, 0.2) is 24.3 Å². The lowest BCUT2D eigenvalue weighted by Crippen LogP contribution is -2.42. The van der Waals surface area contributed by atoms with Crippen LogP contribution in [-0.4, -0.2) is 64.0 Å². The first kappa shape index (κ1) is 18.9. The summed E-state index contributed by atoms with van der Waals surface area (Å²) < 4.78 is 7.38. The van der Waals surface area contributed by atoms with Gasteiger partial charge in [0.05, 0.1) is 30.3 Å². The van der Waals surface area contributed by atoms with E-state index >= 15 is 0 Å². The van der Waals surface area contributed by atoms with Crippen molar-refractivity contribution in [1.29, 1.82) is 0 Å². The van der Waals surface area contributed by atoms with Crippen molar-refractivity contribution in [3.05, 3.63) is 30.1 Å². The van der Waals surface area contributed by atoms with Gasteiger partial charge in [-0.05, 0) is 25.0 Å². The number of morpholine rings is 1. The summed E-state index contributed by atoms with van der Waals surface area (Å²) in [6.07, 6.45) is 1.84. The number of hydrogen-bond donors (Lipinski definition) is 0. The van der Waals surface area contributed by atoms with E-state index in [1.54, 1.807) is 0 Å². The lowest BCUT2D eigenvalue weighted by molar-refractivity contribution is -0.135. The van der Waals surface area contributed by atoms with Crippen LogP contribution in [0.25, 0.3) is 11.0 Å². The van der Waals surface area contributed by atoms with Crippen molar-refractivity contribution in [2.24, 2.45) is 5.92 Å². The van der Waals surface area contributed by atoms with E-state index in [2.05, 4.69) is 0 Å². The number of fused-ring (bicyclic) bond motifs is 1. The smallest absolute Gasteiger partial charge is 0.242 e. The van der Waals surface area contributed by atoms with Crippen molar-refractivity contribution < 1.29 is 14.3 Å². The Morgan fingerprint density at radius 1 is 1.18 bits per heavy atom. The summed E-state index contributed by atoms with van der Waals surface area (Å²) in [4.78, 5) is 34.3. The summed E-state index contributed by atoms with van der Waals surface area (Å²) in [5.41, 5.74) is 1.82. The van der Waals surface area contributed by atoms with Gasteiger partial charge in [0, 0.05) is 25.6 Å². The van der Waals surface area contributed by atoms with E-state index in [4.69, 9.17) is 9.72 Å². The second-order valence-corrected chi connectivity index (χ2v) is 7.88. The Morgan fingerprint density at radius 2 is 1.93 bits per heavy atom. The lowest BCUT2D eigenvalue weighted by Gasteiger charge is -2.29. The molecule has 1 aromatic heterocycles. The van der Waals surface area contributed by atoms with Gasteiger partial charge in [0.2, 0.25) is 11.8 Å². The van der Waals surface area contributed by atoms with Crippen LogP contribution in [0.1, 0.15) is 38.6 Å². The molecule has 0 radical (unpaired) electrons. The Kier molecular flexibility index (Phi) is 5.35. The number of imidazole rings is 1. The first-order chi connectivity index (χ1) is 13.6. The Balaban J connectivity index is 1.69. The Bertz CT molecular complexity index is 870. The fourth-order valence-electron chi connectivity index (χ4n) is 4.19. The average Bonchev–Trinajstić information content (AvgIpc) is 3.33. The molecule has 2 saturated heterocycles. The van der Waals surface area contributed by atoms with Crippen LogP contribution >= 0.6 is 0 Å². The number of amides is 2. The second-order valence-electron chi connectivity index (χ2n) is 7.88. The van der Waals surface area contributed by atoms with Crippen LogP contribution in [0, 0.1) is 5.92 Å². The van der Waals surface area contributed by atoms with Crippen molar-refractivity contribution in [3.8, 4) is 0 Å². The predicted octanol–water partition coefficient (Wildman–Crippen LogP) is 2.21. The zero-order valence-corrected chi connectivity index (χ0v) is 16.6. The Morgan fingerprint density at radius 3 is 2.68 bits per heavy atom. The van der Waals surface area contributed by atoms with Gasteiger partial charge in [-0.25, -0.2) is 4.98 Å². The summed E-state index contributed by atoms with van der Waals surface area (Å²) in [6.45, 7) is 7.29. The number of ether oxygens (including phenoxy) is 1. The van der Waals surface area contributed by atoms with E-state index in [0.29, 0.717) is 26.3 Å². The number of carbonyl (C=O) groups is 2. The highest BCUT2D eigenvalue weighted by Crippen LogP contribution is 2.34. The topological polar surface area (TPSA) is 67.7 Å². The van der Waals surface area contributed by atoms with Crippen LogP contribution in [0.4, 0.5) is 0 Å². The predicted molar refractivity (Wildman–Crippen MR) is 106 cm³/mol. The van der Waals surface area contributed by atoms with Gasteiger partial charge in [-0.2, -0.15) is 0 Å². The highest BCUT2D eigenvalue weighted by Gasteiger charge is 2.35. The molecule has 0 bridgehead atoms. The van der Waals surface area contributed by atoms with Crippen LogP contribution in [-0.2, 0) is 20.9 Å². The third-order valence-electron chi connectivity index (χ3n) is 5.67. The number of aromatic nitrogens is 2. The zero-order valence-electron chi connectivity index (χ0n) is 16.6. The number of carbonyl (C=O) groups excluding carboxylic acids is 2. The van der Waals surface area contributed by atoms with E-state index in [1.807, 2.05) is 52.5 Å². The molecule has 2 aliphatic rings. The molecule has 2 aliphatic heterocycles. The van der Waals surface area contributed by atoms with Crippen molar-refractivity contribution >= 4 is 22.8 Å². The molecule has 7 heteroatoms. The summed E-state index contributed by atoms with van der Waals surface area (Å²) in [7, 11) is 0. The summed E-state index contributed by atoms with van der Waals surface area (Å²) in [6, 6.07) is 7.83. The molecular weight excluding hydrogens is 356 g/mol. The van der Waals surface area contributed by atoms with E-state index in [0.717, 1.165) is 36.2 Å². The first-order valence-electron chi connectivity index (χ1n) is 10.2. The maximum absolute atomic E-state index is 12.9. The van der Waals surface area contributed by atoms with Crippen LogP contribution in [0.2, 0.25) is 0 Å². The number of rotatable bonds is 4. The van der Waals surface area contributed by atoms with Crippen LogP contribution in [0.5, 0.6) is 0 Å². The fraction of sp³-hybridized carbons (Fsp3) is 0.571. The van der Waals surface area contributed by atoms with Crippen molar-refractivity contribution in [3.63, 3.8) is 0 Å². The van der Waals surface area contributed by atoms with Gasteiger partial charge in [-0.3, -0.25) is 9.59 Å². The molecule has 7 nitrogen and oxygen atoms in total. The zero-order chi connectivity index (χ0) is 19.7. The fourth-order valence-corrected chi connectivity index (χ4v) is 4.19. The van der Waals surface area contributed by atoms with Gasteiger partial charge in [0.1, 0.15) is 12.4 Å². The van der Waals surface area contributed by atoms with E-state index in [-0.39, 0.29) is 30.3 Å². The average molecular weight is 384 g/mol. The SMILES string of the molecule is CC(C)C(=O)N1CCC[C@@H]1c1nc2ccccc2n1CC(=O)N1CCOCC1. The molecule has 0 saturated carbocycles. The van der Waals surface area contributed by atoms with Gasteiger partial charge in [0.15, 0.2) is 0 Å². The number of nitrogens with zero attached hydrogens (tertiary/aromatic N) is 4. The molecular formula is C21H28N4O3. The minimum atomic E-state index is -0.0696. The monoisotopic (exact) mass is 384 g/mol. The van der Waals surface area contributed by atoms with Crippen molar-refractivity contribution in [2.75, 3.05) is 32.8 Å². The third kappa shape index (κ3) is 3.51. The highest BCUT2D eigenvalue weighted by molar-refractivity contribution is 5.82. The molecule has 0 N–H and O–H groups in total. The van der Waals surface area contributed by atoms with E-state index in [1.165, 1.54) is 0 Å². The molecule has 0 spiro atoms. The molecule has 3 heterocycles. The summed E-state index contributed by atoms with van der Waals surface area (Å²) in [5, 5.41) is 0. The standard InChI is InChI=1S/C21H28N4O3/c1-15(2)21(27)24-9-5-8-18(24)20-22-16-6-3-4-7-17(16)25(20)14-19(26)23-10-12-28-13-11-23/h3-4,6-7,15,18H,5,8-14H2,1-2H3/t18-/m1/s1. The van der Waals surface area contributed by atoms with Gasteiger partial charge in [-0.1, -0.05) is 26.0 Å². The first-order valence-corrected chi connectivity index (χ1v) is 10.2. The molecule has 2 aromatic rings. The molecule has 150 valence electrons. The molecule has 0 aliphatic carbocycles. The maximum atomic E-state index is 12.9. The largest absolute Gasteiger partial charge is 0.378 e. The lowest BCUT2D eigenvalue weighted by atomic mass is 10.1. The Hall–Kier alpha value is -2.41. The molecule has 2 fully saturated rings.